The van der Waals surface area contributed by atoms with Gasteiger partial charge in [0.1, 0.15) is 11.4 Å². The van der Waals surface area contributed by atoms with E-state index in [1.54, 1.807) is 48.8 Å². The van der Waals surface area contributed by atoms with Gasteiger partial charge in [0.15, 0.2) is 0 Å². The van der Waals surface area contributed by atoms with Gasteiger partial charge in [-0.15, -0.1) is 0 Å². The third-order valence-electron chi connectivity index (χ3n) is 9.01. The van der Waals surface area contributed by atoms with Crippen LogP contribution in [-0.2, 0) is 26.6 Å². The zero-order valence-electron chi connectivity index (χ0n) is 26.4. The minimum Gasteiger partial charge on any atom is -0.444 e. The predicted octanol–water partition coefficient (Wildman–Crippen LogP) is 8.28. The summed E-state index contributed by atoms with van der Waals surface area (Å²) >= 11 is 0. The number of halogens is 7. The number of fused-ring (bicyclic) bond motifs is 1. The Balaban J connectivity index is 1.38. The summed E-state index contributed by atoms with van der Waals surface area (Å²) in [4.78, 5) is 29.3. The number of rotatable bonds is 5. The van der Waals surface area contributed by atoms with Crippen LogP contribution in [0.2, 0.25) is 0 Å². The number of carbonyl (C=O) groups is 2. The van der Waals surface area contributed by atoms with Crippen LogP contribution >= 0.6 is 0 Å². The lowest BCUT2D eigenvalue weighted by Gasteiger charge is -2.38. The Bertz CT molecular complexity index is 1470. The van der Waals surface area contributed by atoms with E-state index in [1.165, 1.54) is 19.1 Å². The van der Waals surface area contributed by atoms with Crippen molar-refractivity contribution in [3.8, 4) is 0 Å². The Hall–Kier alpha value is -3.61. The number of hydrogen-bond acceptors (Lipinski definition) is 4. The molecule has 47 heavy (non-hydrogen) atoms. The maximum absolute atomic E-state index is 13.9. The molecule has 2 fully saturated rings. The molecule has 2 aromatic rings. The molecular weight excluding hydrogens is 633 g/mol. The third kappa shape index (κ3) is 7.93. The molecule has 3 heterocycles. The van der Waals surface area contributed by atoms with Crippen LogP contribution in [0.25, 0.3) is 0 Å². The molecule has 0 aliphatic carbocycles. The van der Waals surface area contributed by atoms with Crippen molar-refractivity contribution >= 4 is 12.0 Å². The number of ether oxygens (including phenoxy) is 2. The van der Waals surface area contributed by atoms with E-state index >= 15 is 0 Å². The fourth-order valence-electron chi connectivity index (χ4n) is 6.76. The summed E-state index contributed by atoms with van der Waals surface area (Å²) in [6.07, 6.45) is -9.19. The van der Waals surface area contributed by atoms with E-state index in [2.05, 4.69) is 0 Å². The molecule has 3 aliphatic heterocycles. The van der Waals surface area contributed by atoms with Crippen LogP contribution < -0.4 is 0 Å². The van der Waals surface area contributed by atoms with Crippen LogP contribution in [0, 0.1) is 11.7 Å². The quantitative estimate of drug-likeness (QED) is 0.301. The van der Waals surface area contributed by atoms with Gasteiger partial charge in [-0.05, 0) is 94.3 Å². The smallest absolute Gasteiger partial charge is 0.416 e. The number of hydrogen-bond donors (Lipinski definition) is 0. The summed E-state index contributed by atoms with van der Waals surface area (Å²) in [6.45, 7) is 7.68. The SMILES string of the molecule is C[C@@H](O[C@H]1CN2C(=O)C=C(C3CCN(C(=O)OC(C)(C)C)CC3)CC2[C@@H]1c1ccc(F)cc1)c1cc(C(F)(F)F)cc(C(F)(F)F)c1. The van der Waals surface area contributed by atoms with Crippen molar-refractivity contribution in [2.75, 3.05) is 19.6 Å². The van der Waals surface area contributed by atoms with Crippen LogP contribution in [0.1, 0.15) is 81.2 Å². The monoisotopic (exact) mass is 670 g/mol. The lowest BCUT2D eigenvalue weighted by molar-refractivity contribution is -0.143. The minimum atomic E-state index is -5.02. The summed E-state index contributed by atoms with van der Waals surface area (Å²) < 4.78 is 107. The summed E-state index contributed by atoms with van der Waals surface area (Å²) in [5.41, 5.74) is -2.31. The number of alkyl halides is 6. The fraction of sp³-hybridized carbons (Fsp3) is 0.529. The average Bonchev–Trinajstić information content (AvgIpc) is 3.34. The highest BCUT2D eigenvalue weighted by Crippen LogP contribution is 2.45. The molecule has 2 aromatic carbocycles. The van der Waals surface area contributed by atoms with Crippen molar-refractivity contribution in [1.29, 1.82) is 0 Å². The number of amides is 2. The first kappa shape index (κ1) is 34.7. The molecule has 4 atom stereocenters. The molecular formula is C34H37F7N2O4. The van der Waals surface area contributed by atoms with Crippen molar-refractivity contribution in [2.24, 2.45) is 5.92 Å². The van der Waals surface area contributed by atoms with Crippen LogP contribution in [0.15, 0.2) is 54.1 Å². The summed E-state index contributed by atoms with van der Waals surface area (Å²) in [5, 5.41) is 0. The van der Waals surface area contributed by atoms with Gasteiger partial charge in [0.25, 0.3) is 0 Å². The first-order valence-corrected chi connectivity index (χ1v) is 15.5. The first-order chi connectivity index (χ1) is 21.8. The molecule has 2 saturated heterocycles. The molecule has 256 valence electrons. The lowest BCUT2D eigenvalue weighted by atomic mass is 9.79. The highest BCUT2D eigenvalue weighted by Gasteiger charge is 2.48. The Labute approximate surface area is 268 Å². The van der Waals surface area contributed by atoms with Gasteiger partial charge in [-0.3, -0.25) is 4.79 Å². The van der Waals surface area contributed by atoms with Gasteiger partial charge in [-0.1, -0.05) is 17.7 Å². The maximum atomic E-state index is 13.9. The molecule has 0 spiro atoms. The van der Waals surface area contributed by atoms with Crippen molar-refractivity contribution < 1.29 is 49.8 Å². The highest BCUT2D eigenvalue weighted by molar-refractivity contribution is 5.90. The molecule has 6 nitrogen and oxygen atoms in total. The molecule has 5 rings (SSSR count). The van der Waals surface area contributed by atoms with Gasteiger partial charge in [-0.25, -0.2) is 9.18 Å². The topological polar surface area (TPSA) is 59.1 Å². The minimum absolute atomic E-state index is 0.0124. The fourth-order valence-corrected chi connectivity index (χ4v) is 6.76. The average molecular weight is 671 g/mol. The molecule has 0 saturated carbocycles. The molecule has 0 radical (unpaired) electrons. The number of carbonyl (C=O) groups excluding carboxylic acids is 2. The van der Waals surface area contributed by atoms with Gasteiger partial charge in [0, 0.05) is 37.7 Å². The van der Waals surface area contributed by atoms with Crippen molar-refractivity contribution in [1.82, 2.24) is 9.80 Å². The molecule has 2 amide bonds. The Morgan fingerprint density at radius 3 is 2.02 bits per heavy atom. The van der Waals surface area contributed by atoms with Gasteiger partial charge in [0.2, 0.25) is 5.91 Å². The predicted molar refractivity (Wildman–Crippen MR) is 158 cm³/mol. The van der Waals surface area contributed by atoms with E-state index < -0.39 is 65.2 Å². The third-order valence-corrected chi connectivity index (χ3v) is 9.01. The summed E-state index contributed by atoms with van der Waals surface area (Å²) in [7, 11) is 0. The van der Waals surface area contributed by atoms with E-state index in [1.807, 2.05) is 0 Å². The molecule has 1 unspecified atom stereocenters. The van der Waals surface area contributed by atoms with Crippen LogP contribution in [0.5, 0.6) is 0 Å². The number of piperidine rings is 1. The second kappa shape index (κ2) is 12.8. The largest absolute Gasteiger partial charge is 0.444 e. The Kier molecular flexibility index (Phi) is 9.44. The lowest BCUT2D eigenvalue weighted by Crippen LogP contribution is -2.44. The zero-order chi connectivity index (χ0) is 34.5. The van der Waals surface area contributed by atoms with Gasteiger partial charge in [-0.2, -0.15) is 26.3 Å². The van der Waals surface area contributed by atoms with Gasteiger partial charge < -0.3 is 19.3 Å². The first-order valence-electron chi connectivity index (χ1n) is 15.5. The van der Waals surface area contributed by atoms with Crippen LogP contribution in [0.4, 0.5) is 35.5 Å². The number of nitrogens with zero attached hydrogens (tertiary/aromatic N) is 2. The maximum Gasteiger partial charge on any atom is 0.416 e. The van der Waals surface area contributed by atoms with Gasteiger partial charge in [0.05, 0.1) is 23.3 Å². The molecule has 0 bridgehead atoms. The second-order valence-corrected chi connectivity index (χ2v) is 13.5. The molecule has 13 heteroatoms. The van der Waals surface area contributed by atoms with Crippen LogP contribution in [0.3, 0.4) is 0 Å². The Morgan fingerprint density at radius 2 is 1.49 bits per heavy atom. The second-order valence-electron chi connectivity index (χ2n) is 13.5. The summed E-state index contributed by atoms with van der Waals surface area (Å²) in [6, 6.07) is 6.53. The summed E-state index contributed by atoms with van der Waals surface area (Å²) in [5.74, 6) is -1.30. The zero-order valence-corrected chi connectivity index (χ0v) is 26.4. The van der Waals surface area contributed by atoms with Gasteiger partial charge >= 0.3 is 18.4 Å². The van der Waals surface area contributed by atoms with Crippen molar-refractivity contribution in [3.63, 3.8) is 0 Å². The van der Waals surface area contributed by atoms with E-state index in [0.29, 0.717) is 50.0 Å². The molecule has 3 aliphatic rings. The van der Waals surface area contributed by atoms with E-state index in [0.717, 1.165) is 5.57 Å². The highest BCUT2D eigenvalue weighted by atomic mass is 19.4. The number of likely N-dealkylation sites (tertiary alicyclic amines) is 1. The van der Waals surface area contributed by atoms with E-state index in [4.69, 9.17) is 9.47 Å². The van der Waals surface area contributed by atoms with Crippen LogP contribution in [-0.4, -0.2) is 59.2 Å². The normalized spacial score (nSPS) is 23.4. The standard InChI is InChI=1S/C34H37F7N2O4/c1-19(22-13-24(33(36,37)38)17-25(14-22)34(39,40)41)46-28-18-43-27(30(28)21-5-7-26(35)8-6-21)15-23(16-29(43)44)20-9-11-42(12-10-20)31(45)47-32(2,3)4/h5-8,13-14,16-17,19-20,27-28,30H,9-12,15,18H2,1-4H3/t19-,27?,28+,30+/m1/s1. The Morgan fingerprint density at radius 1 is 0.915 bits per heavy atom. The van der Waals surface area contributed by atoms with Crippen molar-refractivity contribution in [3.05, 3.63) is 82.2 Å². The van der Waals surface area contributed by atoms with E-state index in [9.17, 15) is 40.3 Å². The van der Waals surface area contributed by atoms with E-state index in [-0.39, 0.29) is 30.0 Å². The molecule has 0 aromatic heterocycles. The van der Waals surface area contributed by atoms with Crippen molar-refractivity contribution in [2.45, 2.75) is 89.1 Å². The number of benzene rings is 2. The molecule has 0 N–H and O–H groups in total.